The molecule has 16 heavy (non-hydrogen) atoms. The van der Waals surface area contributed by atoms with Gasteiger partial charge < -0.3 is 10.2 Å². The van der Waals surface area contributed by atoms with Gasteiger partial charge in [0.15, 0.2) is 0 Å². The van der Waals surface area contributed by atoms with Crippen molar-refractivity contribution in [1.29, 1.82) is 0 Å². The van der Waals surface area contributed by atoms with Gasteiger partial charge in [0.25, 0.3) is 0 Å². The fourth-order valence-electron chi connectivity index (χ4n) is 1.72. The van der Waals surface area contributed by atoms with Crippen LogP contribution in [0.15, 0.2) is 42.5 Å². The van der Waals surface area contributed by atoms with Crippen LogP contribution < -0.4 is 0 Å². The average Bonchev–Trinajstić information content (AvgIpc) is 2.29. The van der Waals surface area contributed by atoms with Gasteiger partial charge in [0.2, 0.25) is 0 Å². The van der Waals surface area contributed by atoms with E-state index in [4.69, 9.17) is 0 Å². The maximum absolute atomic E-state index is 9.75. The summed E-state index contributed by atoms with van der Waals surface area (Å²) in [4.78, 5) is 0. The van der Waals surface area contributed by atoms with E-state index in [0.717, 1.165) is 17.5 Å². The highest BCUT2D eigenvalue weighted by atomic mass is 16.3. The standard InChI is InChI=1S/C14H14O2/c1-2-10-4-3-5-11(8-10)13-7-6-12(15)9-14(13)16/h3-9,15-16H,2H2,1H3. The molecule has 2 nitrogen and oxygen atoms in total. The summed E-state index contributed by atoms with van der Waals surface area (Å²) in [5, 5.41) is 19.0. The number of phenols is 2. The minimum absolute atomic E-state index is 0.0768. The summed E-state index contributed by atoms with van der Waals surface area (Å²) in [6.07, 6.45) is 0.965. The van der Waals surface area contributed by atoms with Gasteiger partial charge in [0, 0.05) is 11.6 Å². The zero-order valence-electron chi connectivity index (χ0n) is 9.14. The molecule has 0 aromatic heterocycles. The van der Waals surface area contributed by atoms with Crippen LogP contribution in [0.25, 0.3) is 11.1 Å². The van der Waals surface area contributed by atoms with Gasteiger partial charge in [0.1, 0.15) is 11.5 Å². The second-order valence-electron chi connectivity index (χ2n) is 3.76. The lowest BCUT2D eigenvalue weighted by atomic mass is 10.0. The monoisotopic (exact) mass is 214 g/mol. The van der Waals surface area contributed by atoms with E-state index in [1.807, 2.05) is 18.2 Å². The van der Waals surface area contributed by atoms with Crippen LogP contribution in [0.4, 0.5) is 0 Å². The topological polar surface area (TPSA) is 40.5 Å². The van der Waals surface area contributed by atoms with E-state index in [2.05, 4.69) is 13.0 Å². The van der Waals surface area contributed by atoms with E-state index in [1.54, 1.807) is 12.1 Å². The Balaban J connectivity index is 2.49. The Hall–Kier alpha value is -1.96. The molecular weight excluding hydrogens is 200 g/mol. The molecule has 82 valence electrons. The smallest absolute Gasteiger partial charge is 0.127 e. The molecule has 2 rings (SSSR count). The van der Waals surface area contributed by atoms with Gasteiger partial charge in [-0.1, -0.05) is 31.2 Å². The van der Waals surface area contributed by atoms with Crippen LogP contribution in [0.1, 0.15) is 12.5 Å². The lowest BCUT2D eigenvalue weighted by molar-refractivity contribution is 0.452. The highest BCUT2D eigenvalue weighted by molar-refractivity contribution is 5.71. The molecule has 0 aliphatic heterocycles. The summed E-state index contributed by atoms with van der Waals surface area (Å²) in [5.41, 5.74) is 2.94. The van der Waals surface area contributed by atoms with Crippen LogP contribution in [0, 0.1) is 0 Å². The van der Waals surface area contributed by atoms with E-state index in [-0.39, 0.29) is 11.5 Å². The third-order valence-electron chi connectivity index (χ3n) is 2.63. The fraction of sp³-hybridized carbons (Fsp3) is 0.143. The minimum atomic E-state index is 0.0768. The molecule has 2 heteroatoms. The van der Waals surface area contributed by atoms with Crippen LogP contribution in [-0.2, 0) is 6.42 Å². The first-order valence-corrected chi connectivity index (χ1v) is 5.32. The van der Waals surface area contributed by atoms with Crippen LogP contribution in [0.3, 0.4) is 0 Å². The quantitative estimate of drug-likeness (QED) is 0.805. The summed E-state index contributed by atoms with van der Waals surface area (Å²) in [6, 6.07) is 12.7. The van der Waals surface area contributed by atoms with Crippen molar-refractivity contribution in [2.24, 2.45) is 0 Å². The van der Waals surface area contributed by atoms with Gasteiger partial charge in [-0.15, -0.1) is 0 Å². The van der Waals surface area contributed by atoms with Crippen molar-refractivity contribution in [3.8, 4) is 22.6 Å². The number of phenolic OH excluding ortho intramolecular Hbond substituents is 2. The molecule has 0 saturated carbocycles. The zero-order valence-corrected chi connectivity index (χ0v) is 9.14. The fourth-order valence-corrected chi connectivity index (χ4v) is 1.72. The first-order valence-electron chi connectivity index (χ1n) is 5.32. The largest absolute Gasteiger partial charge is 0.508 e. The molecule has 0 unspecified atom stereocenters. The third-order valence-corrected chi connectivity index (χ3v) is 2.63. The molecule has 0 spiro atoms. The van der Waals surface area contributed by atoms with Crippen molar-refractivity contribution in [3.63, 3.8) is 0 Å². The molecule has 0 amide bonds. The molecule has 0 fully saturated rings. The van der Waals surface area contributed by atoms with E-state index in [9.17, 15) is 10.2 Å². The molecule has 2 aromatic rings. The summed E-state index contributed by atoms with van der Waals surface area (Å²) in [7, 11) is 0. The highest BCUT2D eigenvalue weighted by Gasteiger charge is 2.05. The SMILES string of the molecule is CCc1cccc(-c2ccc(O)cc2O)c1. The van der Waals surface area contributed by atoms with Crippen molar-refractivity contribution in [2.75, 3.05) is 0 Å². The summed E-state index contributed by atoms with van der Waals surface area (Å²) in [6.45, 7) is 2.09. The maximum Gasteiger partial charge on any atom is 0.127 e. The predicted octanol–water partition coefficient (Wildman–Crippen LogP) is 3.33. The molecule has 0 radical (unpaired) electrons. The number of benzene rings is 2. The lowest BCUT2D eigenvalue weighted by Gasteiger charge is -2.06. The Labute approximate surface area is 94.8 Å². The zero-order chi connectivity index (χ0) is 11.5. The molecular formula is C14H14O2. The molecule has 0 heterocycles. The number of hydrogen-bond donors (Lipinski definition) is 2. The number of rotatable bonds is 2. The van der Waals surface area contributed by atoms with Crippen LogP contribution in [-0.4, -0.2) is 10.2 Å². The van der Waals surface area contributed by atoms with Gasteiger partial charge >= 0.3 is 0 Å². The van der Waals surface area contributed by atoms with Crippen LogP contribution in [0.2, 0.25) is 0 Å². The van der Waals surface area contributed by atoms with Crippen LogP contribution in [0.5, 0.6) is 11.5 Å². The molecule has 0 saturated heterocycles. The first kappa shape index (κ1) is 10.6. The Morgan fingerprint density at radius 1 is 1.00 bits per heavy atom. The molecule has 2 N–H and O–H groups in total. The Morgan fingerprint density at radius 3 is 2.50 bits per heavy atom. The Bertz CT molecular complexity index is 504. The number of aromatic hydroxyl groups is 2. The molecule has 0 aliphatic carbocycles. The summed E-state index contributed by atoms with van der Waals surface area (Å²) in [5.74, 6) is 0.182. The third kappa shape index (κ3) is 2.01. The van der Waals surface area contributed by atoms with E-state index in [0.29, 0.717) is 0 Å². The highest BCUT2D eigenvalue weighted by Crippen LogP contribution is 2.32. The second-order valence-corrected chi connectivity index (χ2v) is 3.76. The van der Waals surface area contributed by atoms with Crippen molar-refractivity contribution in [3.05, 3.63) is 48.0 Å². The van der Waals surface area contributed by atoms with Crippen molar-refractivity contribution in [2.45, 2.75) is 13.3 Å². The van der Waals surface area contributed by atoms with E-state index < -0.39 is 0 Å². The number of aryl methyl sites for hydroxylation is 1. The van der Waals surface area contributed by atoms with Gasteiger partial charge in [0.05, 0.1) is 0 Å². The average molecular weight is 214 g/mol. The molecule has 0 atom stereocenters. The van der Waals surface area contributed by atoms with Gasteiger partial charge in [-0.05, 0) is 29.7 Å². The van der Waals surface area contributed by atoms with E-state index >= 15 is 0 Å². The van der Waals surface area contributed by atoms with Gasteiger partial charge in [-0.25, -0.2) is 0 Å². The van der Waals surface area contributed by atoms with E-state index in [1.165, 1.54) is 11.6 Å². The number of hydrogen-bond acceptors (Lipinski definition) is 2. The normalized spacial score (nSPS) is 10.3. The Kier molecular flexibility index (Phi) is 2.82. The molecule has 0 aliphatic rings. The maximum atomic E-state index is 9.75. The van der Waals surface area contributed by atoms with Crippen molar-refractivity contribution >= 4 is 0 Å². The minimum Gasteiger partial charge on any atom is -0.508 e. The first-order chi connectivity index (χ1) is 7.70. The van der Waals surface area contributed by atoms with Gasteiger partial charge in [-0.2, -0.15) is 0 Å². The van der Waals surface area contributed by atoms with Crippen molar-refractivity contribution in [1.82, 2.24) is 0 Å². The second kappa shape index (κ2) is 4.27. The van der Waals surface area contributed by atoms with Gasteiger partial charge in [-0.3, -0.25) is 0 Å². The molecule has 0 bridgehead atoms. The summed E-state index contributed by atoms with van der Waals surface area (Å²) < 4.78 is 0. The van der Waals surface area contributed by atoms with Crippen LogP contribution >= 0.6 is 0 Å². The predicted molar refractivity (Wildman–Crippen MR) is 64.6 cm³/mol. The summed E-state index contributed by atoms with van der Waals surface area (Å²) >= 11 is 0. The Morgan fingerprint density at radius 2 is 1.81 bits per heavy atom. The lowest BCUT2D eigenvalue weighted by Crippen LogP contribution is -1.83. The van der Waals surface area contributed by atoms with Crippen molar-refractivity contribution < 1.29 is 10.2 Å². The molecule has 2 aromatic carbocycles.